The number of aromatic nitrogens is 7. The first-order valence-electron chi connectivity index (χ1n) is 10.7. The fourth-order valence-electron chi connectivity index (χ4n) is 3.53. The molecule has 4 aromatic rings. The predicted molar refractivity (Wildman–Crippen MR) is 123 cm³/mol. The standard InChI is InChI=1S/C24H25N7O/c1-3-5-10-22-27-31(15-6-4-2)24(32)30(22)17-18-11-13-19(14-12-18)20-8-7-9-21(16-20)23-25-28-29-26-23/h7-9,11-14,16H,3,5,10,15,17H2,1-2H3,(H,25,26,28,29). The van der Waals surface area contributed by atoms with Crippen molar-refractivity contribution in [3.05, 3.63) is 70.4 Å². The van der Waals surface area contributed by atoms with Crippen LogP contribution in [0.4, 0.5) is 0 Å². The van der Waals surface area contributed by atoms with Gasteiger partial charge >= 0.3 is 5.69 Å². The first-order valence-corrected chi connectivity index (χ1v) is 10.7. The summed E-state index contributed by atoms with van der Waals surface area (Å²) in [7, 11) is 0. The van der Waals surface area contributed by atoms with Crippen molar-refractivity contribution in [1.82, 2.24) is 35.0 Å². The Balaban J connectivity index is 1.58. The molecule has 4 rings (SSSR count). The number of aryl methyl sites for hydroxylation is 1. The highest BCUT2D eigenvalue weighted by Crippen LogP contribution is 2.24. The van der Waals surface area contributed by atoms with Crippen molar-refractivity contribution in [3.63, 3.8) is 0 Å². The van der Waals surface area contributed by atoms with Crippen molar-refractivity contribution < 1.29 is 0 Å². The molecule has 0 bridgehead atoms. The van der Waals surface area contributed by atoms with Gasteiger partial charge in [0, 0.05) is 12.0 Å². The molecule has 0 aliphatic heterocycles. The van der Waals surface area contributed by atoms with E-state index in [1.807, 2.05) is 24.3 Å². The van der Waals surface area contributed by atoms with Gasteiger partial charge in [-0.2, -0.15) is 10.3 Å². The molecule has 162 valence electrons. The van der Waals surface area contributed by atoms with Crippen molar-refractivity contribution in [2.24, 2.45) is 0 Å². The Bertz CT molecular complexity index is 1290. The Morgan fingerprint density at radius 2 is 1.88 bits per heavy atom. The van der Waals surface area contributed by atoms with Gasteiger partial charge in [-0.05, 0) is 41.3 Å². The molecule has 8 nitrogen and oxygen atoms in total. The van der Waals surface area contributed by atoms with E-state index < -0.39 is 0 Å². The number of nitrogens with zero attached hydrogens (tertiary/aromatic N) is 6. The molecule has 2 aromatic heterocycles. The van der Waals surface area contributed by atoms with E-state index in [-0.39, 0.29) is 5.69 Å². The summed E-state index contributed by atoms with van der Waals surface area (Å²) in [5.74, 6) is 7.13. The summed E-state index contributed by atoms with van der Waals surface area (Å²) >= 11 is 0. The number of hydrogen-bond acceptors (Lipinski definition) is 5. The first-order chi connectivity index (χ1) is 15.7. The normalized spacial score (nSPS) is 10.7. The van der Waals surface area contributed by atoms with Crippen molar-refractivity contribution in [2.45, 2.75) is 46.2 Å². The molecule has 0 amide bonds. The van der Waals surface area contributed by atoms with Gasteiger partial charge in [0.05, 0.1) is 6.54 Å². The molecule has 0 saturated heterocycles. The Morgan fingerprint density at radius 1 is 1.06 bits per heavy atom. The Labute approximate surface area is 186 Å². The maximum Gasteiger partial charge on any atom is 0.347 e. The van der Waals surface area contributed by atoms with Gasteiger partial charge in [0.1, 0.15) is 12.4 Å². The molecule has 1 N–H and O–H groups in total. The number of nitrogens with one attached hydrogen (secondary N) is 1. The van der Waals surface area contributed by atoms with E-state index >= 15 is 0 Å². The monoisotopic (exact) mass is 427 g/mol. The van der Waals surface area contributed by atoms with Crippen LogP contribution in [0.3, 0.4) is 0 Å². The van der Waals surface area contributed by atoms with Crippen LogP contribution in [0.1, 0.15) is 38.1 Å². The van der Waals surface area contributed by atoms with Crippen LogP contribution >= 0.6 is 0 Å². The molecule has 0 aliphatic carbocycles. The summed E-state index contributed by atoms with van der Waals surface area (Å²) in [6.07, 6.45) is 2.82. The van der Waals surface area contributed by atoms with Gasteiger partial charge < -0.3 is 0 Å². The molecule has 0 spiro atoms. The third kappa shape index (κ3) is 4.67. The summed E-state index contributed by atoms with van der Waals surface area (Å²) in [5, 5.41) is 18.7. The van der Waals surface area contributed by atoms with E-state index in [4.69, 9.17) is 0 Å². The lowest BCUT2D eigenvalue weighted by Crippen LogP contribution is -2.25. The zero-order chi connectivity index (χ0) is 22.3. The Morgan fingerprint density at radius 3 is 2.59 bits per heavy atom. The third-order valence-corrected chi connectivity index (χ3v) is 5.25. The number of benzene rings is 2. The zero-order valence-electron chi connectivity index (χ0n) is 18.2. The van der Waals surface area contributed by atoms with Crippen LogP contribution < -0.4 is 5.69 Å². The average Bonchev–Trinajstić information content (AvgIpc) is 3.46. The minimum atomic E-state index is -0.115. The lowest BCUT2D eigenvalue weighted by atomic mass is 10.0. The van der Waals surface area contributed by atoms with Crippen LogP contribution in [-0.4, -0.2) is 35.0 Å². The van der Waals surface area contributed by atoms with Gasteiger partial charge in [-0.3, -0.25) is 4.57 Å². The highest BCUT2D eigenvalue weighted by Gasteiger charge is 2.13. The summed E-state index contributed by atoms with van der Waals surface area (Å²) in [5.41, 5.74) is 3.96. The molecular formula is C24H25N7O. The molecular weight excluding hydrogens is 402 g/mol. The van der Waals surface area contributed by atoms with Crippen LogP contribution in [-0.2, 0) is 19.5 Å². The van der Waals surface area contributed by atoms with E-state index in [0.717, 1.165) is 47.3 Å². The molecule has 0 unspecified atom stereocenters. The summed E-state index contributed by atoms with van der Waals surface area (Å²) in [6.45, 7) is 4.70. The summed E-state index contributed by atoms with van der Waals surface area (Å²) in [6, 6.07) is 16.2. The van der Waals surface area contributed by atoms with E-state index in [0.29, 0.717) is 18.9 Å². The largest absolute Gasteiger partial charge is 0.347 e. The topological polar surface area (TPSA) is 94.3 Å². The second kappa shape index (κ2) is 9.88. The van der Waals surface area contributed by atoms with Crippen LogP contribution in [0, 0.1) is 11.8 Å². The lowest BCUT2D eigenvalue weighted by Gasteiger charge is -2.08. The lowest BCUT2D eigenvalue weighted by molar-refractivity contribution is 0.656. The minimum absolute atomic E-state index is 0.115. The number of hydrogen-bond donors (Lipinski definition) is 1. The van der Waals surface area contributed by atoms with Gasteiger partial charge in [-0.1, -0.05) is 61.7 Å². The number of unbranched alkanes of at least 4 members (excludes halogenated alkanes) is 1. The van der Waals surface area contributed by atoms with Crippen molar-refractivity contribution in [1.29, 1.82) is 0 Å². The highest BCUT2D eigenvalue weighted by atomic mass is 16.2. The van der Waals surface area contributed by atoms with Crippen LogP contribution in [0.2, 0.25) is 0 Å². The number of tetrazole rings is 1. The molecule has 0 atom stereocenters. The van der Waals surface area contributed by atoms with E-state index in [1.165, 1.54) is 4.68 Å². The molecule has 2 heterocycles. The second-order valence-corrected chi connectivity index (χ2v) is 7.49. The van der Waals surface area contributed by atoms with E-state index in [1.54, 1.807) is 11.5 Å². The molecule has 2 aromatic carbocycles. The fourth-order valence-corrected chi connectivity index (χ4v) is 3.53. The van der Waals surface area contributed by atoms with Crippen molar-refractivity contribution >= 4 is 0 Å². The maximum absolute atomic E-state index is 12.9. The van der Waals surface area contributed by atoms with Crippen molar-refractivity contribution in [3.8, 4) is 34.4 Å². The maximum atomic E-state index is 12.9. The van der Waals surface area contributed by atoms with Gasteiger partial charge in [-0.15, -0.1) is 16.1 Å². The Hall–Kier alpha value is -3.99. The third-order valence-electron chi connectivity index (χ3n) is 5.25. The molecule has 0 radical (unpaired) electrons. The molecule has 32 heavy (non-hydrogen) atoms. The first kappa shape index (κ1) is 21.2. The molecule has 8 heteroatoms. The SMILES string of the molecule is CC#CCn1nc(CCCC)n(Cc2ccc(-c3cccc(-c4nn[nH]n4)c3)cc2)c1=O. The van der Waals surface area contributed by atoms with Gasteiger partial charge in [-0.25, -0.2) is 9.48 Å². The minimum Gasteiger partial charge on any atom is -0.274 e. The van der Waals surface area contributed by atoms with Gasteiger partial charge in [0.2, 0.25) is 5.82 Å². The summed E-state index contributed by atoms with van der Waals surface area (Å²) < 4.78 is 3.22. The second-order valence-electron chi connectivity index (χ2n) is 7.49. The smallest absolute Gasteiger partial charge is 0.274 e. The van der Waals surface area contributed by atoms with E-state index in [2.05, 4.69) is 68.8 Å². The quantitative estimate of drug-likeness (QED) is 0.436. The Kier molecular flexibility index (Phi) is 6.56. The summed E-state index contributed by atoms with van der Waals surface area (Å²) in [4.78, 5) is 12.9. The average molecular weight is 428 g/mol. The van der Waals surface area contributed by atoms with Crippen LogP contribution in [0.15, 0.2) is 53.3 Å². The zero-order valence-corrected chi connectivity index (χ0v) is 18.2. The highest BCUT2D eigenvalue weighted by molar-refractivity contribution is 5.70. The number of rotatable bonds is 8. The predicted octanol–water partition coefficient (Wildman–Crippen LogP) is 3.31. The van der Waals surface area contributed by atoms with Gasteiger partial charge in [0.15, 0.2) is 0 Å². The van der Waals surface area contributed by atoms with Gasteiger partial charge in [0.25, 0.3) is 0 Å². The molecule has 0 aliphatic rings. The number of H-pyrrole nitrogens is 1. The van der Waals surface area contributed by atoms with Crippen LogP contribution in [0.5, 0.6) is 0 Å². The molecule has 0 saturated carbocycles. The number of aromatic amines is 1. The molecule has 0 fully saturated rings. The van der Waals surface area contributed by atoms with Crippen molar-refractivity contribution in [2.75, 3.05) is 0 Å². The van der Waals surface area contributed by atoms with Crippen LogP contribution in [0.25, 0.3) is 22.5 Å². The fraction of sp³-hybridized carbons (Fsp3) is 0.292. The van der Waals surface area contributed by atoms with E-state index in [9.17, 15) is 4.79 Å².